The summed E-state index contributed by atoms with van der Waals surface area (Å²) in [5.41, 5.74) is 2.73. The minimum Gasteiger partial charge on any atom is -0.489 e. The molecule has 1 N–H and O–H groups in total. The third-order valence-corrected chi connectivity index (χ3v) is 5.44. The molecule has 8 nitrogen and oxygen atoms in total. The minimum atomic E-state index is -0.137. The number of pyridine rings is 1. The molecule has 1 aliphatic heterocycles. The van der Waals surface area contributed by atoms with Gasteiger partial charge in [-0.2, -0.15) is 0 Å². The highest BCUT2D eigenvalue weighted by atomic mass is 16.5. The summed E-state index contributed by atoms with van der Waals surface area (Å²) in [6, 6.07) is 12.7. The second-order valence-corrected chi connectivity index (χ2v) is 7.97. The Hall–Kier alpha value is -3.26. The number of likely N-dealkylation sites (tertiary alicyclic amines) is 1. The van der Waals surface area contributed by atoms with Gasteiger partial charge in [-0.25, -0.2) is 4.68 Å². The lowest BCUT2D eigenvalue weighted by molar-refractivity contribution is 0.0790. The van der Waals surface area contributed by atoms with E-state index in [9.17, 15) is 4.79 Å². The van der Waals surface area contributed by atoms with Crippen molar-refractivity contribution >= 4 is 5.91 Å². The Bertz CT molecular complexity index is 994. The van der Waals surface area contributed by atoms with Gasteiger partial charge in [-0.05, 0) is 48.2 Å². The number of amides is 1. The number of nitrogens with one attached hydrogen (secondary N) is 1. The minimum absolute atomic E-state index is 0.137. The molecule has 0 atom stereocenters. The van der Waals surface area contributed by atoms with E-state index >= 15 is 0 Å². The first kappa shape index (κ1) is 18.7. The molecular formula is C22H24N6O2. The Morgan fingerprint density at radius 3 is 2.57 bits per heavy atom. The molecule has 5 rings (SSSR count). The number of nitrogens with zero attached hydrogens (tertiary/aromatic N) is 5. The summed E-state index contributed by atoms with van der Waals surface area (Å²) in [6.45, 7) is 3.06. The predicted molar refractivity (Wildman–Crippen MR) is 110 cm³/mol. The summed E-state index contributed by atoms with van der Waals surface area (Å²) in [7, 11) is 0. The normalized spacial score (nSPS) is 16.8. The van der Waals surface area contributed by atoms with E-state index in [0.29, 0.717) is 18.3 Å². The molecule has 30 heavy (non-hydrogen) atoms. The third kappa shape index (κ3) is 4.49. The molecule has 2 aromatic heterocycles. The number of aromatic nitrogens is 4. The zero-order chi connectivity index (χ0) is 20.3. The highest BCUT2D eigenvalue weighted by Gasteiger charge is 2.30. The van der Waals surface area contributed by atoms with Gasteiger partial charge in [0.2, 0.25) is 0 Å². The number of rotatable bonds is 8. The van der Waals surface area contributed by atoms with Crippen LogP contribution in [0.2, 0.25) is 0 Å². The van der Waals surface area contributed by atoms with Gasteiger partial charge in [0.05, 0.1) is 18.3 Å². The first-order valence-corrected chi connectivity index (χ1v) is 10.3. The average molecular weight is 404 g/mol. The number of hydrogen-bond donors (Lipinski definition) is 1. The van der Waals surface area contributed by atoms with Gasteiger partial charge in [0.1, 0.15) is 12.4 Å². The molecule has 2 fully saturated rings. The number of carbonyl (C=O) groups excluding carboxylic acids is 1. The molecule has 0 bridgehead atoms. The van der Waals surface area contributed by atoms with Crippen LogP contribution in [0.5, 0.6) is 5.75 Å². The van der Waals surface area contributed by atoms with Crippen molar-refractivity contribution in [3.63, 3.8) is 0 Å². The lowest BCUT2D eigenvalue weighted by Gasteiger charge is -2.39. The zero-order valence-corrected chi connectivity index (χ0v) is 16.6. The molecule has 0 spiro atoms. The van der Waals surface area contributed by atoms with Crippen molar-refractivity contribution in [3.05, 3.63) is 71.8 Å². The Kier molecular flexibility index (Phi) is 5.15. The molecule has 1 aliphatic carbocycles. The van der Waals surface area contributed by atoms with Gasteiger partial charge in [-0.1, -0.05) is 17.3 Å². The highest BCUT2D eigenvalue weighted by molar-refractivity contribution is 5.92. The first-order valence-electron chi connectivity index (χ1n) is 10.3. The van der Waals surface area contributed by atoms with Crippen LogP contribution in [0.4, 0.5) is 0 Å². The van der Waals surface area contributed by atoms with Crippen LogP contribution in [-0.2, 0) is 13.2 Å². The smallest absolute Gasteiger partial charge is 0.273 e. The second-order valence-electron chi connectivity index (χ2n) is 7.97. The van der Waals surface area contributed by atoms with Gasteiger partial charge in [0.15, 0.2) is 5.69 Å². The monoisotopic (exact) mass is 404 g/mol. The van der Waals surface area contributed by atoms with E-state index in [1.54, 1.807) is 23.3 Å². The van der Waals surface area contributed by atoms with Gasteiger partial charge >= 0.3 is 0 Å². The van der Waals surface area contributed by atoms with E-state index in [4.69, 9.17) is 4.74 Å². The van der Waals surface area contributed by atoms with Crippen LogP contribution in [0.15, 0.2) is 55.0 Å². The number of carbonyl (C=O) groups is 1. The van der Waals surface area contributed by atoms with Gasteiger partial charge in [0, 0.05) is 32.0 Å². The maximum Gasteiger partial charge on any atom is 0.273 e. The standard InChI is InChI=1S/C22H24N6O2/c29-22(21-14-28(26-25-21)19-3-4-19)24-18-12-27(13-18)11-16-1-5-20(6-2-16)30-15-17-7-9-23-10-8-17/h1-2,5-10,14,18-19H,3-4,11-13,15H2,(H,24,29). The van der Waals surface area contributed by atoms with Crippen molar-refractivity contribution < 1.29 is 9.53 Å². The molecule has 1 saturated heterocycles. The van der Waals surface area contributed by atoms with Crippen LogP contribution < -0.4 is 10.1 Å². The van der Waals surface area contributed by atoms with Crippen LogP contribution in [0, 0.1) is 0 Å². The van der Waals surface area contributed by atoms with Crippen molar-refractivity contribution in [2.45, 2.75) is 38.1 Å². The van der Waals surface area contributed by atoms with Crippen LogP contribution in [0.25, 0.3) is 0 Å². The van der Waals surface area contributed by atoms with Crippen molar-refractivity contribution in [3.8, 4) is 5.75 Å². The van der Waals surface area contributed by atoms with Crippen molar-refractivity contribution in [1.29, 1.82) is 0 Å². The van der Waals surface area contributed by atoms with Crippen molar-refractivity contribution in [1.82, 2.24) is 30.2 Å². The van der Waals surface area contributed by atoms with Crippen LogP contribution in [-0.4, -0.2) is 49.9 Å². The molecule has 3 heterocycles. The van der Waals surface area contributed by atoms with Gasteiger partial charge in [-0.3, -0.25) is 14.7 Å². The molecule has 154 valence electrons. The summed E-state index contributed by atoms with van der Waals surface area (Å²) in [5.74, 6) is 0.714. The number of benzene rings is 1. The fraction of sp³-hybridized carbons (Fsp3) is 0.364. The van der Waals surface area contributed by atoms with E-state index < -0.39 is 0 Å². The topological polar surface area (TPSA) is 85.2 Å². The highest BCUT2D eigenvalue weighted by Crippen LogP contribution is 2.33. The summed E-state index contributed by atoms with van der Waals surface area (Å²) in [5, 5.41) is 11.1. The van der Waals surface area contributed by atoms with E-state index in [-0.39, 0.29) is 11.9 Å². The SMILES string of the molecule is O=C(NC1CN(Cc2ccc(OCc3ccncc3)cc2)C1)c1cn(C2CC2)nn1. The van der Waals surface area contributed by atoms with Crippen LogP contribution >= 0.6 is 0 Å². The Labute approximate surface area is 174 Å². The summed E-state index contributed by atoms with van der Waals surface area (Å²) >= 11 is 0. The number of hydrogen-bond acceptors (Lipinski definition) is 6. The van der Waals surface area contributed by atoms with Crippen LogP contribution in [0.1, 0.15) is 40.5 Å². The number of ether oxygens (including phenoxy) is 1. The van der Waals surface area contributed by atoms with Gasteiger partial charge in [-0.15, -0.1) is 5.10 Å². The van der Waals surface area contributed by atoms with E-state index in [0.717, 1.165) is 43.8 Å². The molecule has 0 radical (unpaired) electrons. The van der Waals surface area contributed by atoms with Crippen molar-refractivity contribution in [2.24, 2.45) is 0 Å². The molecule has 1 amide bonds. The molecular weight excluding hydrogens is 380 g/mol. The van der Waals surface area contributed by atoms with Crippen molar-refractivity contribution in [2.75, 3.05) is 13.1 Å². The Balaban J connectivity index is 1.05. The molecule has 1 aromatic carbocycles. The fourth-order valence-corrected chi connectivity index (χ4v) is 3.54. The van der Waals surface area contributed by atoms with E-state index in [2.05, 4.69) is 37.6 Å². The molecule has 0 unspecified atom stereocenters. The summed E-state index contributed by atoms with van der Waals surface area (Å²) < 4.78 is 7.61. The maximum atomic E-state index is 12.3. The summed E-state index contributed by atoms with van der Waals surface area (Å²) in [4.78, 5) is 18.6. The second kappa shape index (κ2) is 8.23. The van der Waals surface area contributed by atoms with Gasteiger partial charge < -0.3 is 10.1 Å². The Morgan fingerprint density at radius 2 is 1.83 bits per heavy atom. The quantitative estimate of drug-likeness (QED) is 0.620. The third-order valence-electron chi connectivity index (χ3n) is 5.44. The molecule has 2 aliphatic rings. The van der Waals surface area contributed by atoms with E-state index in [1.165, 1.54) is 5.56 Å². The lowest BCUT2D eigenvalue weighted by atomic mass is 10.1. The lowest BCUT2D eigenvalue weighted by Crippen LogP contribution is -2.58. The molecule has 3 aromatic rings. The fourth-order valence-electron chi connectivity index (χ4n) is 3.54. The predicted octanol–water partition coefficient (Wildman–Crippen LogP) is 2.20. The molecule has 1 saturated carbocycles. The Morgan fingerprint density at radius 1 is 1.07 bits per heavy atom. The van der Waals surface area contributed by atoms with Gasteiger partial charge in [0.25, 0.3) is 5.91 Å². The first-order chi connectivity index (χ1) is 14.7. The summed E-state index contributed by atoms with van der Waals surface area (Å²) in [6.07, 6.45) is 7.53. The average Bonchev–Trinajstić information content (AvgIpc) is 3.48. The molecule has 8 heteroatoms. The largest absolute Gasteiger partial charge is 0.489 e. The zero-order valence-electron chi connectivity index (χ0n) is 16.6. The van der Waals surface area contributed by atoms with Crippen LogP contribution in [0.3, 0.4) is 0 Å². The maximum absolute atomic E-state index is 12.3. The van der Waals surface area contributed by atoms with E-state index in [1.807, 2.05) is 24.3 Å².